The number of aryl methyl sites for hydroxylation is 2. The summed E-state index contributed by atoms with van der Waals surface area (Å²) in [5.41, 5.74) is 17.8. The Balaban J connectivity index is 0.000000172. The molecule has 22 nitrogen and oxygen atoms in total. The van der Waals surface area contributed by atoms with E-state index in [4.69, 9.17) is 11.5 Å². The number of hydrogen-bond donors (Lipinski definition) is 6. The fourth-order valence-electron chi connectivity index (χ4n) is 7.17. The second-order valence-electron chi connectivity index (χ2n) is 15.1. The lowest BCUT2D eigenvalue weighted by Crippen LogP contribution is -2.28. The number of imidazole rings is 2. The van der Waals surface area contributed by atoms with Gasteiger partial charge in [0.05, 0.1) is 24.1 Å². The summed E-state index contributed by atoms with van der Waals surface area (Å²) in [6, 6.07) is 33.2. The summed E-state index contributed by atoms with van der Waals surface area (Å²) < 4.78 is 10.9. The molecule has 22 heteroatoms. The van der Waals surface area contributed by atoms with Crippen molar-refractivity contribution in [2.45, 2.75) is 20.4 Å². The number of methoxy groups -OCH3 is 1. The minimum atomic E-state index is -0.483. The number of fused-ring (bicyclic) bond motifs is 2. The van der Waals surface area contributed by atoms with Crippen LogP contribution in [0.15, 0.2) is 140 Å². The van der Waals surface area contributed by atoms with Crippen LogP contribution >= 0.6 is 0 Å². The van der Waals surface area contributed by atoms with Crippen LogP contribution in [0.2, 0.25) is 0 Å². The predicted octanol–water partition coefficient (Wildman–Crippen LogP) is 6.87. The molecular formula is C47H42N18O4. The molecule has 0 saturated carbocycles. The Morgan fingerprint density at radius 3 is 1.59 bits per heavy atom. The molecule has 8 N–H and O–H groups in total. The number of rotatable bonds is 10. The van der Waals surface area contributed by atoms with Crippen LogP contribution in [0.4, 0.5) is 50.2 Å². The van der Waals surface area contributed by atoms with Gasteiger partial charge >= 0.3 is 18.0 Å². The number of nitrogens with zero attached hydrogens (tertiary/aromatic N) is 12. The lowest BCUT2D eigenvalue weighted by molar-refractivity contribution is 0.0600. The maximum atomic E-state index is 12.7. The van der Waals surface area contributed by atoms with Gasteiger partial charge in [-0.15, -0.1) is 10.2 Å². The van der Waals surface area contributed by atoms with Crippen molar-refractivity contribution in [3.05, 3.63) is 163 Å². The van der Waals surface area contributed by atoms with Crippen LogP contribution < -0.4 is 32.7 Å². The van der Waals surface area contributed by atoms with Crippen molar-refractivity contribution in [1.29, 1.82) is 0 Å². The van der Waals surface area contributed by atoms with Gasteiger partial charge in [-0.3, -0.25) is 8.80 Å². The van der Waals surface area contributed by atoms with Gasteiger partial charge in [0.1, 0.15) is 46.0 Å². The summed E-state index contributed by atoms with van der Waals surface area (Å²) in [5, 5.41) is 20.6. The molecule has 0 bridgehead atoms. The summed E-state index contributed by atoms with van der Waals surface area (Å²) in [6.07, 6.45) is 6.87. The molecular weight excluding hydrogens is 881 g/mol. The highest BCUT2D eigenvalue weighted by Gasteiger charge is 2.20. The average molecular weight is 923 g/mol. The molecule has 344 valence electrons. The van der Waals surface area contributed by atoms with Gasteiger partial charge in [0, 0.05) is 61.3 Å². The van der Waals surface area contributed by atoms with E-state index in [1.165, 1.54) is 18.0 Å². The monoisotopic (exact) mass is 922 g/mol. The summed E-state index contributed by atoms with van der Waals surface area (Å²) in [4.78, 5) is 63.4. The van der Waals surface area contributed by atoms with E-state index in [1.807, 2.05) is 87.9 Å². The zero-order chi connectivity index (χ0) is 48.0. The van der Waals surface area contributed by atoms with Crippen molar-refractivity contribution in [2.75, 3.05) is 34.5 Å². The molecule has 0 aliphatic carbocycles. The number of benzene rings is 2. The van der Waals surface area contributed by atoms with E-state index in [9.17, 15) is 14.4 Å². The fraction of sp³-hybridized carbons (Fsp3) is 0.0851. The van der Waals surface area contributed by atoms with E-state index in [-0.39, 0.29) is 6.03 Å². The van der Waals surface area contributed by atoms with Crippen LogP contribution in [-0.2, 0) is 11.3 Å². The summed E-state index contributed by atoms with van der Waals surface area (Å²) in [5.74, 6) is 3.23. The van der Waals surface area contributed by atoms with Crippen molar-refractivity contribution < 1.29 is 19.1 Å². The molecule has 0 fully saturated rings. The highest BCUT2D eigenvalue weighted by atomic mass is 16.5. The van der Waals surface area contributed by atoms with Gasteiger partial charge in [-0.25, -0.2) is 44.3 Å². The number of amides is 2. The number of nitrogens with one attached hydrogen (secondary N) is 4. The van der Waals surface area contributed by atoms with E-state index in [2.05, 4.69) is 66.1 Å². The fourth-order valence-corrected chi connectivity index (χ4v) is 7.17. The van der Waals surface area contributed by atoms with Crippen molar-refractivity contribution in [3.63, 3.8) is 0 Å². The van der Waals surface area contributed by atoms with E-state index < -0.39 is 12.0 Å². The van der Waals surface area contributed by atoms with Crippen molar-refractivity contribution in [3.8, 4) is 22.8 Å². The van der Waals surface area contributed by atoms with Crippen molar-refractivity contribution in [1.82, 2.24) is 63.6 Å². The Labute approximate surface area is 392 Å². The third kappa shape index (κ3) is 9.98. The Kier molecular flexibility index (Phi) is 12.3. The molecule has 10 rings (SSSR count). The first-order valence-corrected chi connectivity index (χ1v) is 21.1. The number of hydrogen-bond acceptors (Lipinski definition) is 16. The number of nitrogen functional groups attached to an aromatic ring is 2. The largest absolute Gasteiger partial charge is 0.465 e. The predicted molar refractivity (Wildman–Crippen MR) is 258 cm³/mol. The van der Waals surface area contributed by atoms with Gasteiger partial charge in [-0.1, -0.05) is 42.5 Å². The molecule has 0 saturated heterocycles. The lowest BCUT2D eigenvalue weighted by Gasteiger charge is -2.07. The first kappa shape index (κ1) is 44.2. The third-order valence-electron chi connectivity index (χ3n) is 10.2. The number of carbonyl (C=O) groups is 3. The van der Waals surface area contributed by atoms with E-state index >= 15 is 0 Å². The molecule has 10 aromatic rings. The number of nitrogens with two attached hydrogens (primary N) is 2. The molecule has 8 aromatic heterocycles. The van der Waals surface area contributed by atoms with Crippen molar-refractivity contribution in [2.24, 2.45) is 0 Å². The minimum absolute atomic E-state index is 0.332. The van der Waals surface area contributed by atoms with Gasteiger partial charge < -0.3 is 37.5 Å². The Bertz CT molecular complexity index is 3450. The molecule has 0 radical (unpaired) electrons. The van der Waals surface area contributed by atoms with Gasteiger partial charge in [0.2, 0.25) is 0 Å². The smallest absolute Gasteiger partial charge is 0.346 e. The Hall–Kier alpha value is -9.99. The number of aromatic nitrogens is 12. The molecule has 69 heavy (non-hydrogen) atoms. The second kappa shape index (κ2) is 19.2. The zero-order valence-corrected chi connectivity index (χ0v) is 37.1. The van der Waals surface area contributed by atoms with Crippen LogP contribution in [0, 0.1) is 13.8 Å². The highest BCUT2D eigenvalue weighted by molar-refractivity contribution is 5.93. The number of carbonyl (C=O) groups excluding carboxylic acids is 3. The summed E-state index contributed by atoms with van der Waals surface area (Å²) in [7, 11) is 1.31. The molecule has 0 atom stereocenters. The highest BCUT2D eigenvalue weighted by Crippen LogP contribution is 2.32. The van der Waals surface area contributed by atoms with E-state index in [1.54, 1.807) is 68.6 Å². The molecule has 2 aromatic carbocycles. The minimum Gasteiger partial charge on any atom is -0.465 e. The molecule has 8 heterocycles. The average Bonchev–Trinajstić information content (AvgIpc) is 4.16. The van der Waals surface area contributed by atoms with Crippen molar-refractivity contribution >= 4 is 69.9 Å². The van der Waals surface area contributed by atoms with Crippen LogP contribution in [0.1, 0.15) is 27.6 Å². The van der Waals surface area contributed by atoms with Crippen LogP contribution in [-0.4, -0.2) is 83.4 Å². The molecule has 0 aliphatic heterocycles. The molecule has 0 spiro atoms. The summed E-state index contributed by atoms with van der Waals surface area (Å²) in [6.45, 7) is 3.96. The van der Waals surface area contributed by atoms with E-state index in [0.717, 1.165) is 15.9 Å². The lowest BCUT2D eigenvalue weighted by atomic mass is 10.2. The van der Waals surface area contributed by atoms with E-state index in [0.29, 0.717) is 92.8 Å². The number of pyridine rings is 2. The second-order valence-corrected chi connectivity index (χ2v) is 15.1. The maximum absolute atomic E-state index is 12.7. The third-order valence-corrected chi connectivity index (χ3v) is 10.2. The molecule has 2 amide bonds. The number of esters is 1. The van der Waals surface area contributed by atoms with Gasteiger partial charge in [0.15, 0.2) is 23.3 Å². The van der Waals surface area contributed by atoms with Crippen LogP contribution in [0.25, 0.3) is 34.1 Å². The SMILES string of the molecule is COC(=O)c1ccc(NC(=O)n2ccc(Nc3nc4ccccn4c3-c3cc(N)nc(C)n3)n2)cc1.Cc1nc(N)cc(-c2c(Nc3ccn(C(=O)NCc4ccccc4)n3)nc3ccccn23)n1. The van der Waals surface area contributed by atoms with Gasteiger partial charge in [-0.05, 0) is 67.9 Å². The standard InChI is InChI=1S/C24H21N9O3.C23H21N9O/c1-14-26-17(13-18(25)27-14)21-22(30-20-5-3-4-11-32(20)21)29-19-10-12-33(31-19)24(35)28-16-8-6-15(7-9-16)23(34)36-2;1-15-26-17(13-18(24)27-15)21-22(29-20-9-5-6-11-31(20)21)28-19-10-12-32(30-19)23(33)25-14-16-7-3-2-4-8-16/h3-13H,1-2H3,(H,28,35)(H,29,31)(H2,25,26,27);2-13H,14H2,1H3,(H,25,33)(H,28,30)(H2,24,26,27). The first-order valence-electron chi connectivity index (χ1n) is 21.1. The van der Waals surface area contributed by atoms with Crippen LogP contribution in [0.5, 0.6) is 0 Å². The zero-order valence-electron chi connectivity index (χ0n) is 37.1. The van der Waals surface area contributed by atoms with Gasteiger partial charge in [-0.2, -0.15) is 9.36 Å². The number of anilines is 7. The maximum Gasteiger partial charge on any atom is 0.346 e. The Morgan fingerprint density at radius 2 is 1.09 bits per heavy atom. The topological polar surface area (TPSA) is 282 Å². The number of ether oxygens (including phenoxy) is 1. The summed E-state index contributed by atoms with van der Waals surface area (Å²) >= 11 is 0. The quantitative estimate of drug-likeness (QED) is 0.0763. The molecule has 0 unspecified atom stereocenters. The first-order chi connectivity index (χ1) is 33.5. The normalized spacial score (nSPS) is 10.9. The van der Waals surface area contributed by atoms with Crippen LogP contribution in [0.3, 0.4) is 0 Å². The van der Waals surface area contributed by atoms with Gasteiger partial charge in [0.25, 0.3) is 0 Å². The Morgan fingerprint density at radius 1 is 0.580 bits per heavy atom. The molecule has 0 aliphatic rings.